The zero-order chi connectivity index (χ0) is 18.9. The predicted octanol–water partition coefficient (Wildman–Crippen LogP) is 3.60. The number of esters is 1. The highest BCUT2D eigenvalue weighted by Gasteiger charge is 2.19. The third-order valence-electron chi connectivity index (χ3n) is 3.80. The number of ether oxygens (including phenoxy) is 2. The Morgan fingerprint density at radius 3 is 2.46 bits per heavy atom. The van der Waals surface area contributed by atoms with Gasteiger partial charge in [0.15, 0.2) is 0 Å². The van der Waals surface area contributed by atoms with E-state index in [0.717, 1.165) is 11.1 Å². The van der Waals surface area contributed by atoms with E-state index in [1.54, 1.807) is 26.2 Å². The van der Waals surface area contributed by atoms with Crippen LogP contribution in [0, 0.1) is 6.92 Å². The zero-order valence-corrected chi connectivity index (χ0v) is 15.3. The molecule has 0 spiro atoms. The number of nitrogens with zero attached hydrogens (tertiary/aromatic N) is 1. The quantitative estimate of drug-likeness (QED) is 0.770. The molecule has 0 aliphatic heterocycles. The van der Waals surface area contributed by atoms with Crippen LogP contribution in [-0.4, -0.2) is 37.2 Å². The molecule has 138 valence electrons. The largest absolute Gasteiger partial charge is 0.497 e. The van der Waals surface area contributed by atoms with Crippen LogP contribution in [0.25, 0.3) is 0 Å². The van der Waals surface area contributed by atoms with E-state index in [1.807, 2.05) is 43.3 Å². The van der Waals surface area contributed by atoms with Crippen LogP contribution in [0.2, 0.25) is 0 Å². The van der Waals surface area contributed by atoms with Crippen molar-refractivity contribution in [2.45, 2.75) is 20.4 Å². The lowest BCUT2D eigenvalue weighted by atomic mass is 10.2. The molecule has 6 nitrogen and oxygen atoms in total. The van der Waals surface area contributed by atoms with Crippen molar-refractivity contribution >= 4 is 17.7 Å². The average molecular weight is 356 g/mol. The highest BCUT2D eigenvalue weighted by Crippen LogP contribution is 2.21. The van der Waals surface area contributed by atoms with Crippen LogP contribution in [0.1, 0.15) is 18.1 Å². The number of benzene rings is 2. The maximum atomic E-state index is 12.7. The SMILES string of the molecule is CCOC(=O)CN(Cc1ccccc1)C(=O)Nc1ccc(OC)cc1C. The van der Waals surface area contributed by atoms with Gasteiger partial charge in [0, 0.05) is 12.2 Å². The fraction of sp³-hybridized carbons (Fsp3) is 0.300. The molecule has 0 unspecified atom stereocenters. The predicted molar refractivity (Wildman–Crippen MR) is 100 cm³/mol. The van der Waals surface area contributed by atoms with Gasteiger partial charge in [0.25, 0.3) is 0 Å². The minimum atomic E-state index is -0.440. The molecular formula is C20H24N2O4. The van der Waals surface area contributed by atoms with Crippen LogP contribution in [0.4, 0.5) is 10.5 Å². The summed E-state index contributed by atoms with van der Waals surface area (Å²) in [6, 6.07) is 14.5. The van der Waals surface area contributed by atoms with Gasteiger partial charge >= 0.3 is 12.0 Å². The maximum absolute atomic E-state index is 12.7. The molecule has 2 aromatic rings. The Morgan fingerprint density at radius 2 is 1.85 bits per heavy atom. The maximum Gasteiger partial charge on any atom is 0.325 e. The van der Waals surface area contributed by atoms with Crippen molar-refractivity contribution in [1.29, 1.82) is 0 Å². The molecule has 0 aromatic heterocycles. The van der Waals surface area contributed by atoms with Gasteiger partial charge in [-0.05, 0) is 43.2 Å². The Hall–Kier alpha value is -3.02. The highest BCUT2D eigenvalue weighted by atomic mass is 16.5. The Labute approximate surface area is 153 Å². The molecule has 26 heavy (non-hydrogen) atoms. The molecule has 0 aliphatic carbocycles. The lowest BCUT2D eigenvalue weighted by Crippen LogP contribution is -2.39. The van der Waals surface area contributed by atoms with E-state index in [4.69, 9.17) is 9.47 Å². The van der Waals surface area contributed by atoms with E-state index >= 15 is 0 Å². The molecule has 0 saturated heterocycles. The number of methoxy groups -OCH3 is 1. The first kappa shape index (κ1) is 19.3. The van der Waals surface area contributed by atoms with Crippen molar-refractivity contribution in [2.24, 2.45) is 0 Å². The number of carbonyl (C=O) groups is 2. The number of urea groups is 1. The van der Waals surface area contributed by atoms with Crippen LogP contribution in [0.15, 0.2) is 48.5 Å². The number of nitrogens with one attached hydrogen (secondary N) is 1. The van der Waals surface area contributed by atoms with E-state index in [0.29, 0.717) is 18.0 Å². The summed E-state index contributed by atoms with van der Waals surface area (Å²) in [6.45, 7) is 4.08. The van der Waals surface area contributed by atoms with Crippen molar-refractivity contribution in [3.63, 3.8) is 0 Å². The number of hydrogen-bond acceptors (Lipinski definition) is 4. The smallest absolute Gasteiger partial charge is 0.325 e. The Bertz CT molecular complexity index is 747. The normalized spacial score (nSPS) is 10.1. The molecule has 0 radical (unpaired) electrons. The Balaban J connectivity index is 2.14. The Kier molecular flexibility index (Phi) is 7.02. The molecule has 0 aliphatic rings. The number of anilines is 1. The van der Waals surface area contributed by atoms with Crippen LogP contribution in [0.3, 0.4) is 0 Å². The van der Waals surface area contributed by atoms with Crippen molar-refractivity contribution in [3.05, 3.63) is 59.7 Å². The van der Waals surface area contributed by atoms with Crippen molar-refractivity contribution in [1.82, 2.24) is 4.90 Å². The topological polar surface area (TPSA) is 67.9 Å². The van der Waals surface area contributed by atoms with Gasteiger partial charge in [-0.15, -0.1) is 0 Å². The second-order valence-electron chi connectivity index (χ2n) is 5.76. The number of rotatable bonds is 7. The lowest BCUT2D eigenvalue weighted by Gasteiger charge is -2.23. The van der Waals surface area contributed by atoms with Gasteiger partial charge in [-0.25, -0.2) is 4.79 Å². The molecule has 0 bridgehead atoms. The van der Waals surface area contributed by atoms with Crippen molar-refractivity contribution in [3.8, 4) is 5.75 Å². The van der Waals surface area contributed by atoms with E-state index in [2.05, 4.69) is 5.32 Å². The lowest BCUT2D eigenvalue weighted by molar-refractivity contribution is -0.143. The van der Waals surface area contributed by atoms with Crippen LogP contribution < -0.4 is 10.1 Å². The summed E-state index contributed by atoms with van der Waals surface area (Å²) in [5.41, 5.74) is 2.46. The van der Waals surface area contributed by atoms with Crippen LogP contribution >= 0.6 is 0 Å². The summed E-state index contributed by atoms with van der Waals surface area (Å²) in [4.78, 5) is 26.1. The van der Waals surface area contributed by atoms with E-state index in [9.17, 15) is 9.59 Å². The first-order valence-electron chi connectivity index (χ1n) is 8.43. The second kappa shape index (κ2) is 9.46. The summed E-state index contributed by atoms with van der Waals surface area (Å²) >= 11 is 0. The first-order chi connectivity index (χ1) is 12.5. The van der Waals surface area contributed by atoms with Gasteiger partial charge in [-0.2, -0.15) is 0 Å². The van der Waals surface area contributed by atoms with Gasteiger partial charge in [0.2, 0.25) is 0 Å². The number of hydrogen-bond donors (Lipinski definition) is 1. The van der Waals surface area contributed by atoms with Crippen LogP contribution in [-0.2, 0) is 16.1 Å². The molecule has 0 heterocycles. The van der Waals surface area contributed by atoms with Gasteiger partial charge in [-0.1, -0.05) is 30.3 Å². The summed E-state index contributed by atoms with van der Waals surface area (Å²) in [7, 11) is 1.59. The van der Waals surface area contributed by atoms with E-state index < -0.39 is 5.97 Å². The average Bonchev–Trinajstić information content (AvgIpc) is 2.63. The number of aryl methyl sites for hydroxylation is 1. The van der Waals surface area contributed by atoms with Crippen LogP contribution in [0.5, 0.6) is 5.75 Å². The third kappa shape index (κ3) is 5.51. The molecule has 2 rings (SSSR count). The molecule has 0 atom stereocenters. The van der Waals surface area contributed by atoms with Gasteiger partial charge in [0.1, 0.15) is 12.3 Å². The molecule has 2 amide bonds. The second-order valence-corrected chi connectivity index (χ2v) is 5.76. The summed E-state index contributed by atoms with van der Waals surface area (Å²) in [5.74, 6) is 0.276. The van der Waals surface area contributed by atoms with Gasteiger partial charge in [0.05, 0.1) is 13.7 Å². The van der Waals surface area contributed by atoms with Crippen molar-refractivity contribution in [2.75, 3.05) is 25.6 Å². The summed E-state index contributed by atoms with van der Waals surface area (Å²) < 4.78 is 10.2. The molecular weight excluding hydrogens is 332 g/mol. The van der Waals surface area contributed by atoms with E-state index in [1.165, 1.54) is 4.90 Å². The standard InChI is InChI=1S/C20H24N2O4/c1-4-26-19(23)14-22(13-16-8-6-5-7-9-16)20(24)21-18-11-10-17(25-3)12-15(18)2/h5-12H,4,13-14H2,1-3H3,(H,21,24). The number of carbonyl (C=O) groups excluding carboxylic acids is 2. The minimum absolute atomic E-state index is 0.121. The molecule has 2 aromatic carbocycles. The van der Waals surface area contributed by atoms with Gasteiger partial charge in [-0.3, -0.25) is 4.79 Å². The highest BCUT2D eigenvalue weighted by molar-refractivity contribution is 5.92. The molecule has 0 saturated carbocycles. The minimum Gasteiger partial charge on any atom is -0.497 e. The van der Waals surface area contributed by atoms with Gasteiger partial charge < -0.3 is 19.7 Å². The first-order valence-corrected chi connectivity index (χ1v) is 8.43. The fourth-order valence-electron chi connectivity index (χ4n) is 2.46. The molecule has 0 fully saturated rings. The monoisotopic (exact) mass is 356 g/mol. The Morgan fingerprint density at radius 1 is 1.12 bits per heavy atom. The number of amides is 2. The molecule has 6 heteroatoms. The third-order valence-corrected chi connectivity index (χ3v) is 3.80. The molecule has 1 N–H and O–H groups in total. The zero-order valence-electron chi connectivity index (χ0n) is 15.3. The van der Waals surface area contributed by atoms with Crippen molar-refractivity contribution < 1.29 is 19.1 Å². The fourth-order valence-corrected chi connectivity index (χ4v) is 2.46. The summed E-state index contributed by atoms with van der Waals surface area (Å²) in [5, 5.41) is 2.85. The summed E-state index contributed by atoms with van der Waals surface area (Å²) in [6.07, 6.45) is 0. The van der Waals surface area contributed by atoms with E-state index in [-0.39, 0.29) is 19.2 Å².